The van der Waals surface area contributed by atoms with Crippen molar-refractivity contribution in [2.75, 3.05) is 13.2 Å². The summed E-state index contributed by atoms with van der Waals surface area (Å²) >= 11 is 0. The van der Waals surface area contributed by atoms with Gasteiger partial charge in [0, 0.05) is 36.1 Å². The van der Waals surface area contributed by atoms with Crippen LogP contribution in [0, 0.1) is 0 Å². The van der Waals surface area contributed by atoms with Gasteiger partial charge in [0.15, 0.2) is 5.82 Å². The number of carbonyl (C=O) groups is 3. The molecule has 2 aromatic carbocycles. The van der Waals surface area contributed by atoms with Crippen LogP contribution in [0.15, 0.2) is 73.3 Å². The molecule has 0 bridgehead atoms. The van der Waals surface area contributed by atoms with Crippen molar-refractivity contribution in [1.29, 1.82) is 0 Å². The number of rotatable bonds is 16. The highest BCUT2D eigenvalue weighted by molar-refractivity contribution is 5.97. The SMILES string of the molecule is CCCCCCCOc1ccc(-c2cnc(-c3ccc(C[C@H](NC(=O)c4cnn(C(C)(C)C)c4)C(=O)NCC(=O)O)cc3)nc2)cc1. The zero-order valence-electron chi connectivity index (χ0n) is 27.5. The van der Waals surface area contributed by atoms with Crippen LogP contribution in [-0.2, 0) is 21.5 Å². The molecule has 0 aliphatic heterocycles. The molecule has 47 heavy (non-hydrogen) atoms. The predicted octanol–water partition coefficient (Wildman–Crippen LogP) is 5.65. The van der Waals surface area contributed by atoms with E-state index in [1.165, 1.54) is 31.9 Å². The van der Waals surface area contributed by atoms with Gasteiger partial charge in [0.2, 0.25) is 5.91 Å². The summed E-state index contributed by atoms with van der Waals surface area (Å²) in [5, 5.41) is 18.4. The minimum atomic E-state index is -1.18. The summed E-state index contributed by atoms with van der Waals surface area (Å²) in [6.45, 7) is 8.24. The highest BCUT2D eigenvalue weighted by Crippen LogP contribution is 2.24. The summed E-state index contributed by atoms with van der Waals surface area (Å²) in [6.07, 6.45) is 12.7. The van der Waals surface area contributed by atoms with Crippen LogP contribution in [-0.4, -0.2) is 61.8 Å². The molecule has 248 valence electrons. The third-order valence-electron chi connectivity index (χ3n) is 7.58. The highest BCUT2D eigenvalue weighted by Gasteiger charge is 2.24. The minimum absolute atomic E-state index is 0.142. The van der Waals surface area contributed by atoms with E-state index in [0.29, 0.717) is 11.4 Å². The molecule has 0 saturated carbocycles. The molecule has 0 radical (unpaired) electrons. The van der Waals surface area contributed by atoms with Crippen LogP contribution >= 0.6 is 0 Å². The summed E-state index contributed by atoms with van der Waals surface area (Å²) in [4.78, 5) is 46.1. The van der Waals surface area contributed by atoms with Crippen molar-refractivity contribution in [2.24, 2.45) is 0 Å². The largest absolute Gasteiger partial charge is 0.494 e. The molecule has 4 rings (SSSR count). The van der Waals surface area contributed by atoms with Crippen LogP contribution in [0.5, 0.6) is 5.75 Å². The fraction of sp³-hybridized carbons (Fsp3) is 0.389. The Labute approximate surface area is 275 Å². The van der Waals surface area contributed by atoms with E-state index in [9.17, 15) is 14.4 Å². The summed E-state index contributed by atoms with van der Waals surface area (Å²) in [5.41, 5.74) is 3.39. The van der Waals surface area contributed by atoms with Crippen LogP contribution in [0.4, 0.5) is 0 Å². The molecule has 0 spiro atoms. The molecule has 11 nitrogen and oxygen atoms in total. The molecule has 0 fully saturated rings. The summed E-state index contributed by atoms with van der Waals surface area (Å²) in [7, 11) is 0. The van der Waals surface area contributed by atoms with E-state index in [1.54, 1.807) is 23.3 Å². The summed E-state index contributed by atoms with van der Waals surface area (Å²) in [5.74, 6) is -0.877. The molecule has 1 atom stereocenters. The van der Waals surface area contributed by atoms with Crippen molar-refractivity contribution < 1.29 is 24.2 Å². The number of hydrogen-bond acceptors (Lipinski definition) is 7. The number of unbranched alkanes of at least 4 members (excludes halogenated alkanes) is 4. The molecule has 2 amide bonds. The Bertz CT molecular complexity index is 1610. The van der Waals surface area contributed by atoms with Crippen molar-refractivity contribution >= 4 is 17.8 Å². The van der Waals surface area contributed by atoms with Gasteiger partial charge < -0.3 is 20.5 Å². The average Bonchev–Trinajstić information content (AvgIpc) is 3.58. The second-order valence-electron chi connectivity index (χ2n) is 12.5. The van der Waals surface area contributed by atoms with Gasteiger partial charge in [-0.25, -0.2) is 9.97 Å². The second-order valence-corrected chi connectivity index (χ2v) is 12.5. The quantitative estimate of drug-likeness (QED) is 0.133. The maximum atomic E-state index is 13.0. The maximum absolute atomic E-state index is 13.0. The third kappa shape index (κ3) is 10.5. The zero-order chi connectivity index (χ0) is 33.8. The van der Waals surface area contributed by atoms with Gasteiger partial charge in [-0.15, -0.1) is 0 Å². The fourth-order valence-corrected chi connectivity index (χ4v) is 4.83. The van der Waals surface area contributed by atoms with E-state index >= 15 is 0 Å². The van der Waals surface area contributed by atoms with Gasteiger partial charge in [-0.1, -0.05) is 69.0 Å². The van der Waals surface area contributed by atoms with Crippen LogP contribution < -0.4 is 15.4 Å². The first-order valence-corrected chi connectivity index (χ1v) is 16.0. The van der Waals surface area contributed by atoms with E-state index in [4.69, 9.17) is 9.84 Å². The average molecular weight is 641 g/mol. The van der Waals surface area contributed by atoms with Crippen molar-refractivity contribution in [3.8, 4) is 28.3 Å². The monoisotopic (exact) mass is 640 g/mol. The van der Waals surface area contributed by atoms with Crippen molar-refractivity contribution in [3.63, 3.8) is 0 Å². The number of hydrogen-bond donors (Lipinski definition) is 3. The Morgan fingerprint density at radius 1 is 0.872 bits per heavy atom. The van der Waals surface area contributed by atoms with E-state index in [0.717, 1.165) is 41.0 Å². The van der Waals surface area contributed by atoms with Crippen LogP contribution in [0.25, 0.3) is 22.5 Å². The Balaban J connectivity index is 1.38. The van der Waals surface area contributed by atoms with Gasteiger partial charge in [0.05, 0.1) is 23.9 Å². The van der Waals surface area contributed by atoms with Gasteiger partial charge in [0.1, 0.15) is 18.3 Å². The number of carbonyl (C=O) groups excluding carboxylic acids is 2. The van der Waals surface area contributed by atoms with Crippen molar-refractivity contribution in [2.45, 2.75) is 77.8 Å². The Hall–Kier alpha value is -5.06. The van der Waals surface area contributed by atoms with Crippen molar-refractivity contribution in [1.82, 2.24) is 30.4 Å². The predicted molar refractivity (Wildman–Crippen MR) is 180 cm³/mol. The Kier molecular flexibility index (Phi) is 12.2. The summed E-state index contributed by atoms with van der Waals surface area (Å²) in [6, 6.07) is 14.3. The zero-order valence-corrected chi connectivity index (χ0v) is 27.5. The molecule has 0 aliphatic rings. The lowest BCUT2D eigenvalue weighted by Gasteiger charge is -2.19. The van der Waals surface area contributed by atoms with E-state index in [-0.39, 0.29) is 12.0 Å². The van der Waals surface area contributed by atoms with Crippen molar-refractivity contribution in [3.05, 3.63) is 84.4 Å². The minimum Gasteiger partial charge on any atom is -0.494 e. The molecule has 0 unspecified atom stereocenters. The molecular weight excluding hydrogens is 596 g/mol. The van der Waals surface area contributed by atoms with E-state index < -0.39 is 30.4 Å². The first-order valence-electron chi connectivity index (χ1n) is 16.0. The summed E-state index contributed by atoms with van der Waals surface area (Å²) < 4.78 is 7.54. The number of benzene rings is 2. The first-order chi connectivity index (χ1) is 22.5. The molecule has 11 heteroatoms. The fourth-order valence-electron chi connectivity index (χ4n) is 4.83. The highest BCUT2D eigenvalue weighted by atomic mass is 16.5. The number of carboxylic acid groups (broad SMARTS) is 1. The standard InChI is InChI=1S/C36H44N6O5/c1-5-6-7-8-9-18-47-30-16-14-26(15-17-30)28-20-37-33(38-21-28)27-12-10-25(11-13-27)19-31(35(46)39-23-32(43)44)41-34(45)29-22-40-42(24-29)36(2,3)4/h10-17,20-22,24,31H,5-9,18-19,23H2,1-4H3,(H,39,46)(H,41,45)(H,43,44)/t31-/m0/s1. The molecule has 2 aromatic heterocycles. The second kappa shape index (κ2) is 16.5. The Morgan fingerprint density at radius 3 is 2.15 bits per heavy atom. The lowest BCUT2D eigenvalue weighted by atomic mass is 10.0. The molecule has 3 N–H and O–H groups in total. The van der Waals surface area contributed by atoms with Gasteiger partial charge in [0.25, 0.3) is 5.91 Å². The number of nitrogens with zero attached hydrogens (tertiary/aromatic N) is 4. The van der Waals surface area contributed by atoms with E-state index in [1.807, 2.05) is 69.3 Å². The van der Waals surface area contributed by atoms with Gasteiger partial charge in [-0.2, -0.15) is 5.10 Å². The Morgan fingerprint density at radius 2 is 1.53 bits per heavy atom. The number of aliphatic carboxylic acids is 1. The molecule has 4 aromatic rings. The van der Waals surface area contributed by atoms with Crippen LogP contribution in [0.1, 0.15) is 75.7 Å². The number of carboxylic acids is 1. The molecule has 0 saturated heterocycles. The van der Waals surface area contributed by atoms with E-state index in [2.05, 4.69) is 32.6 Å². The smallest absolute Gasteiger partial charge is 0.322 e. The van der Waals surface area contributed by atoms with Crippen LogP contribution in [0.3, 0.4) is 0 Å². The molecule has 2 heterocycles. The number of ether oxygens (including phenoxy) is 1. The molecular formula is C36H44N6O5. The number of amides is 2. The number of nitrogens with one attached hydrogen (secondary N) is 2. The lowest BCUT2D eigenvalue weighted by molar-refractivity contribution is -0.138. The van der Waals surface area contributed by atoms with Gasteiger partial charge in [-0.05, 0) is 50.5 Å². The normalized spacial score (nSPS) is 11.9. The third-order valence-corrected chi connectivity index (χ3v) is 7.58. The molecule has 0 aliphatic carbocycles. The number of aromatic nitrogens is 4. The van der Waals surface area contributed by atoms with Gasteiger partial charge in [-0.3, -0.25) is 19.1 Å². The van der Waals surface area contributed by atoms with Crippen LogP contribution in [0.2, 0.25) is 0 Å². The lowest BCUT2D eigenvalue weighted by Crippen LogP contribution is -2.49. The maximum Gasteiger partial charge on any atom is 0.322 e. The topological polar surface area (TPSA) is 148 Å². The van der Waals surface area contributed by atoms with Gasteiger partial charge >= 0.3 is 5.97 Å². The first kappa shape index (κ1) is 34.8.